The first-order valence-electron chi connectivity index (χ1n) is 6.66. The minimum atomic E-state index is 0.540. The van der Waals surface area contributed by atoms with Crippen LogP contribution in [-0.4, -0.2) is 42.7 Å². The number of aromatic nitrogens is 2. The van der Waals surface area contributed by atoms with Gasteiger partial charge in [-0.15, -0.1) is 0 Å². The molecule has 2 N–H and O–H groups in total. The molecule has 1 unspecified atom stereocenters. The van der Waals surface area contributed by atoms with Gasteiger partial charge < -0.3 is 15.5 Å². The molecule has 1 aromatic rings. The Hall–Kier alpha value is -1.36. The molecule has 100 valence electrons. The smallest absolute Gasteiger partial charge is 0.134 e. The van der Waals surface area contributed by atoms with Crippen molar-refractivity contribution >= 4 is 11.6 Å². The summed E-state index contributed by atoms with van der Waals surface area (Å²) in [6.07, 6.45) is 2.81. The molecule has 18 heavy (non-hydrogen) atoms. The summed E-state index contributed by atoms with van der Waals surface area (Å²) in [7, 11) is 2.10. The first-order chi connectivity index (χ1) is 8.66. The van der Waals surface area contributed by atoms with E-state index in [0.29, 0.717) is 12.0 Å². The van der Waals surface area contributed by atoms with E-state index in [0.717, 1.165) is 31.3 Å². The van der Waals surface area contributed by atoms with Gasteiger partial charge in [-0.05, 0) is 18.9 Å². The minimum absolute atomic E-state index is 0.540. The van der Waals surface area contributed by atoms with E-state index in [1.807, 2.05) is 6.07 Å². The second-order valence-corrected chi connectivity index (χ2v) is 5.29. The summed E-state index contributed by atoms with van der Waals surface area (Å²) < 4.78 is 0. The van der Waals surface area contributed by atoms with Crippen LogP contribution >= 0.6 is 0 Å². The fraction of sp³-hybridized carbons (Fsp3) is 0.692. The topological polar surface area (TPSA) is 53.1 Å². The highest BCUT2D eigenvalue weighted by Crippen LogP contribution is 2.17. The predicted molar refractivity (Wildman–Crippen MR) is 75.0 cm³/mol. The molecule has 1 saturated heterocycles. The largest absolute Gasteiger partial charge is 0.370 e. The zero-order valence-corrected chi connectivity index (χ0v) is 11.5. The number of rotatable bonds is 5. The third-order valence-electron chi connectivity index (χ3n) is 3.29. The predicted octanol–water partition coefficient (Wildman–Crippen LogP) is 1.34. The van der Waals surface area contributed by atoms with Gasteiger partial charge in [0.05, 0.1) is 0 Å². The van der Waals surface area contributed by atoms with Gasteiger partial charge in [-0.1, -0.05) is 13.8 Å². The molecule has 2 rings (SSSR count). The molecule has 0 spiro atoms. The van der Waals surface area contributed by atoms with Crippen molar-refractivity contribution in [1.82, 2.24) is 15.3 Å². The minimum Gasteiger partial charge on any atom is -0.370 e. The van der Waals surface area contributed by atoms with Crippen LogP contribution in [0.15, 0.2) is 12.4 Å². The van der Waals surface area contributed by atoms with Crippen LogP contribution in [0.4, 0.5) is 11.6 Å². The molecule has 0 aromatic carbocycles. The Kier molecular flexibility index (Phi) is 4.36. The van der Waals surface area contributed by atoms with Crippen molar-refractivity contribution in [3.8, 4) is 0 Å². The van der Waals surface area contributed by atoms with Crippen molar-refractivity contribution < 1.29 is 0 Å². The number of hydrogen-bond donors (Lipinski definition) is 2. The maximum atomic E-state index is 4.36. The molecule has 0 aliphatic carbocycles. The fourth-order valence-corrected chi connectivity index (χ4v) is 2.10. The average Bonchev–Trinajstić information content (AvgIpc) is 2.89. The second kappa shape index (κ2) is 6.00. The third kappa shape index (κ3) is 3.32. The van der Waals surface area contributed by atoms with E-state index < -0.39 is 0 Å². The van der Waals surface area contributed by atoms with E-state index >= 15 is 0 Å². The number of nitrogens with one attached hydrogen (secondary N) is 2. The molecule has 1 aliphatic rings. The lowest BCUT2D eigenvalue weighted by molar-refractivity contribution is 0.674. The van der Waals surface area contributed by atoms with Crippen LogP contribution in [0.1, 0.15) is 20.3 Å². The van der Waals surface area contributed by atoms with Gasteiger partial charge in [0.15, 0.2) is 0 Å². The molecule has 1 atom stereocenters. The maximum absolute atomic E-state index is 4.36. The van der Waals surface area contributed by atoms with Gasteiger partial charge in [0.1, 0.15) is 18.0 Å². The molecular weight excluding hydrogens is 226 g/mol. The molecular formula is C13H23N5. The summed E-state index contributed by atoms with van der Waals surface area (Å²) in [6, 6.07) is 2.57. The Morgan fingerprint density at radius 1 is 1.50 bits per heavy atom. The van der Waals surface area contributed by atoms with Crippen molar-refractivity contribution in [3.63, 3.8) is 0 Å². The highest BCUT2D eigenvalue weighted by molar-refractivity contribution is 5.48. The van der Waals surface area contributed by atoms with Gasteiger partial charge in [0, 0.05) is 32.2 Å². The zero-order valence-electron chi connectivity index (χ0n) is 11.5. The Balaban J connectivity index is 2.01. The molecule has 0 saturated carbocycles. The molecule has 5 heteroatoms. The standard InChI is InChI=1S/C13H23N5/c1-10(2)7-15-12-6-13(17-9-16-12)18(3)11-4-5-14-8-11/h6,9-11,14H,4-5,7-8H2,1-3H3,(H,15,16,17). The molecule has 1 fully saturated rings. The first kappa shape index (κ1) is 13.1. The van der Waals surface area contributed by atoms with Crippen LogP contribution in [-0.2, 0) is 0 Å². The van der Waals surface area contributed by atoms with Gasteiger partial charge >= 0.3 is 0 Å². The second-order valence-electron chi connectivity index (χ2n) is 5.29. The molecule has 1 aliphatic heterocycles. The summed E-state index contributed by atoms with van der Waals surface area (Å²) in [4.78, 5) is 10.9. The van der Waals surface area contributed by atoms with E-state index in [-0.39, 0.29) is 0 Å². The van der Waals surface area contributed by atoms with Crippen molar-refractivity contribution in [2.75, 3.05) is 36.9 Å². The number of nitrogens with zero attached hydrogens (tertiary/aromatic N) is 3. The summed E-state index contributed by atoms with van der Waals surface area (Å²) in [5, 5.41) is 6.71. The monoisotopic (exact) mass is 249 g/mol. The first-order valence-corrected chi connectivity index (χ1v) is 6.66. The molecule has 0 bridgehead atoms. The van der Waals surface area contributed by atoms with E-state index in [4.69, 9.17) is 0 Å². The maximum Gasteiger partial charge on any atom is 0.134 e. The molecule has 2 heterocycles. The van der Waals surface area contributed by atoms with Gasteiger partial charge in [0.2, 0.25) is 0 Å². The van der Waals surface area contributed by atoms with E-state index in [9.17, 15) is 0 Å². The van der Waals surface area contributed by atoms with Crippen LogP contribution < -0.4 is 15.5 Å². The average molecular weight is 249 g/mol. The van der Waals surface area contributed by atoms with Gasteiger partial charge in [-0.2, -0.15) is 0 Å². The highest BCUT2D eigenvalue weighted by atomic mass is 15.2. The van der Waals surface area contributed by atoms with Gasteiger partial charge in [-0.3, -0.25) is 0 Å². The number of likely N-dealkylation sites (N-methyl/N-ethyl adjacent to an activating group) is 1. The summed E-state index contributed by atoms with van der Waals surface area (Å²) in [6.45, 7) is 7.44. The number of hydrogen-bond acceptors (Lipinski definition) is 5. The normalized spacial score (nSPS) is 19.2. The molecule has 0 amide bonds. The van der Waals surface area contributed by atoms with Crippen molar-refractivity contribution in [1.29, 1.82) is 0 Å². The summed E-state index contributed by atoms with van der Waals surface area (Å²) >= 11 is 0. The molecule has 0 radical (unpaired) electrons. The third-order valence-corrected chi connectivity index (χ3v) is 3.29. The van der Waals surface area contributed by atoms with Crippen molar-refractivity contribution in [3.05, 3.63) is 12.4 Å². The van der Waals surface area contributed by atoms with Crippen LogP contribution in [0.5, 0.6) is 0 Å². The summed E-state index contributed by atoms with van der Waals surface area (Å²) in [5.74, 6) is 2.51. The van der Waals surface area contributed by atoms with Crippen LogP contribution in [0.2, 0.25) is 0 Å². The van der Waals surface area contributed by atoms with Gasteiger partial charge in [0.25, 0.3) is 0 Å². The van der Waals surface area contributed by atoms with Crippen molar-refractivity contribution in [2.24, 2.45) is 5.92 Å². The molecule has 5 nitrogen and oxygen atoms in total. The fourth-order valence-electron chi connectivity index (χ4n) is 2.10. The Morgan fingerprint density at radius 3 is 3.00 bits per heavy atom. The van der Waals surface area contributed by atoms with E-state index in [2.05, 4.69) is 46.4 Å². The lowest BCUT2D eigenvalue weighted by atomic mass is 10.2. The Bertz CT molecular complexity index is 373. The molecule has 1 aromatic heterocycles. The quantitative estimate of drug-likeness (QED) is 0.825. The SMILES string of the molecule is CC(C)CNc1cc(N(C)C2CCNC2)ncn1. The van der Waals surface area contributed by atoms with Gasteiger partial charge in [-0.25, -0.2) is 9.97 Å². The number of anilines is 2. The van der Waals surface area contributed by atoms with Crippen LogP contribution in [0, 0.1) is 5.92 Å². The summed E-state index contributed by atoms with van der Waals surface area (Å²) in [5.41, 5.74) is 0. The lowest BCUT2D eigenvalue weighted by Gasteiger charge is -2.25. The van der Waals surface area contributed by atoms with E-state index in [1.165, 1.54) is 6.42 Å². The zero-order chi connectivity index (χ0) is 13.0. The Morgan fingerprint density at radius 2 is 2.33 bits per heavy atom. The van der Waals surface area contributed by atoms with E-state index in [1.54, 1.807) is 6.33 Å². The Labute approximate surface area is 109 Å². The van der Waals surface area contributed by atoms with Crippen LogP contribution in [0.3, 0.4) is 0 Å². The lowest BCUT2D eigenvalue weighted by Crippen LogP contribution is -2.34. The van der Waals surface area contributed by atoms with Crippen LogP contribution in [0.25, 0.3) is 0 Å². The highest BCUT2D eigenvalue weighted by Gasteiger charge is 2.20. The van der Waals surface area contributed by atoms with Crippen molar-refractivity contribution in [2.45, 2.75) is 26.3 Å².